The average molecular weight is 280 g/mol. The summed E-state index contributed by atoms with van der Waals surface area (Å²) in [6, 6.07) is 12.6. The Balaban J connectivity index is 1.73. The van der Waals surface area contributed by atoms with Crippen LogP contribution in [0.2, 0.25) is 0 Å². The third-order valence-electron chi connectivity index (χ3n) is 2.96. The van der Waals surface area contributed by atoms with Gasteiger partial charge in [-0.05, 0) is 36.4 Å². The summed E-state index contributed by atoms with van der Waals surface area (Å²) < 4.78 is 12.8. The summed E-state index contributed by atoms with van der Waals surface area (Å²) in [5.41, 5.74) is 2.63. The minimum atomic E-state index is -0.337. The first-order chi connectivity index (χ1) is 10.3. The van der Waals surface area contributed by atoms with E-state index in [1.807, 2.05) is 30.3 Å². The van der Waals surface area contributed by atoms with Crippen LogP contribution in [-0.4, -0.2) is 15.0 Å². The van der Waals surface area contributed by atoms with Gasteiger partial charge in [-0.1, -0.05) is 6.07 Å². The Labute approximate surface area is 121 Å². The van der Waals surface area contributed by atoms with Crippen LogP contribution in [0.15, 0.2) is 61.1 Å². The highest BCUT2D eigenvalue weighted by Crippen LogP contribution is 2.17. The second-order valence-electron chi connectivity index (χ2n) is 4.47. The maximum absolute atomic E-state index is 12.8. The molecule has 0 unspecified atom stereocenters. The summed E-state index contributed by atoms with van der Waals surface area (Å²) >= 11 is 0. The van der Waals surface area contributed by atoms with Crippen LogP contribution < -0.4 is 5.32 Å². The zero-order valence-electron chi connectivity index (χ0n) is 11.2. The Morgan fingerprint density at radius 3 is 2.62 bits per heavy atom. The lowest BCUT2D eigenvalue weighted by molar-refractivity contribution is 0.619. The number of hydrogen-bond donors (Lipinski definition) is 1. The molecule has 0 bridgehead atoms. The number of nitrogens with zero attached hydrogens (tertiary/aromatic N) is 3. The van der Waals surface area contributed by atoms with Gasteiger partial charge in [-0.2, -0.15) is 0 Å². The molecule has 104 valence electrons. The van der Waals surface area contributed by atoms with Gasteiger partial charge >= 0.3 is 0 Å². The van der Waals surface area contributed by atoms with Crippen LogP contribution in [0, 0.1) is 5.82 Å². The highest BCUT2D eigenvalue weighted by Gasteiger charge is 2.01. The van der Waals surface area contributed by atoms with E-state index in [-0.39, 0.29) is 5.82 Å². The standard InChI is InChI=1S/C16H13FN4/c17-13-4-5-14(19-10-13)11-20-16-3-1-2-15(21-16)12-6-8-18-9-7-12/h1-10H,11H2,(H,20,21). The molecular weight excluding hydrogens is 267 g/mol. The second-order valence-corrected chi connectivity index (χ2v) is 4.47. The fourth-order valence-corrected chi connectivity index (χ4v) is 1.91. The fraction of sp³-hybridized carbons (Fsp3) is 0.0625. The summed E-state index contributed by atoms with van der Waals surface area (Å²) in [6.07, 6.45) is 4.68. The van der Waals surface area contributed by atoms with E-state index in [4.69, 9.17) is 0 Å². The molecule has 0 aliphatic carbocycles. The topological polar surface area (TPSA) is 50.7 Å². The van der Waals surface area contributed by atoms with Crippen molar-refractivity contribution in [1.82, 2.24) is 15.0 Å². The van der Waals surface area contributed by atoms with Crippen molar-refractivity contribution in [2.24, 2.45) is 0 Å². The lowest BCUT2D eigenvalue weighted by atomic mass is 10.2. The van der Waals surface area contributed by atoms with E-state index in [1.54, 1.807) is 18.5 Å². The van der Waals surface area contributed by atoms with Gasteiger partial charge in [0.05, 0.1) is 24.1 Å². The minimum absolute atomic E-state index is 0.337. The Kier molecular flexibility index (Phi) is 3.82. The van der Waals surface area contributed by atoms with Gasteiger partial charge in [0, 0.05) is 18.0 Å². The van der Waals surface area contributed by atoms with Crippen LogP contribution in [0.1, 0.15) is 5.69 Å². The number of halogens is 1. The van der Waals surface area contributed by atoms with Crippen LogP contribution in [0.4, 0.5) is 10.2 Å². The van der Waals surface area contributed by atoms with Gasteiger partial charge in [0.2, 0.25) is 0 Å². The molecule has 0 saturated carbocycles. The predicted molar refractivity (Wildman–Crippen MR) is 79.0 cm³/mol. The van der Waals surface area contributed by atoms with Gasteiger partial charge in [-0.15, -0.1) is 0 Å². The molecule has 0 aromatic carbocycles. The molecule has 3 aromatic heterocycles. The average Bonchev–Trinajstić information content (AvgIpc) is 2.55. The van der Waals surface area contributed by atoms with Crippen LogP contribution >= 0.6 is 0 Å². The monoisotopic (exact) mass is 280 g/mol. The van der Waals surface area contributed by atoms with Gasteiger partial charge in [0.25, 0.3) is 0 Å². The Morgan fingerprint density at radius 2 is 1.86 bits per heavy atom. The first-order valence-electron chi connectivity index (χ1n) is 6.53. The Morgan fingerprint density at radius 1 is 1.00 bits per heavy atom. The van der Waals surface area contributed by atoms with Crippen LogP contribution in [-0.2, 0) is 6.54 Å². The zero-order valence-corrected chi connectivity index (χ0v) is 11.2. The first kappa shape index (κ1) is 13.2. The molecule has 21 heavy (non-hydrogen) atoms. The maximum Gasteiger partial charge on any atom is 0.141 e. The molecule has 3 aromatic rings. The Hall–Kier alpha value is -2.82. The summed E-state index contributed by atoms with van der Waals surface area (Å²) in [5.74, 6) is 0.409. The number of rotatable bonds is 4. The van der Waals surface area contributed by atoms with E-state index in [1.165, 1.54) is 12.3 Å². The molecule has 0 spiro atoms. The number of anilines is 1. The van der Waals surface area contributed by atoms with E-state index >= 15 is 0 Å². The highest BCUT2D eigenvalue weighted by molar-refractivity contribution is 5.60. The van der Waals surface area contributed by atoms with E-state index in [0.717, 1.165) is 22.8 Å². The third-order valence-corrected chi connectivity index (χ3v) is 2.96. The largest absolute Gasteiger partial charge is 0.364 e. The number of pyridine rings is 3. The van der Waals surface area contributed by atoms with Gasteiger partial charge in [0.15, 0.2) is 0 Å². The summed E-state index contributed by atoms with van der Waals surface area (Å²) in [7, 11) is 0. The van der Waals surface area contributed by atoms with Gasteiger partial charge < -0.3 is 5.32 Å². The molecule has 3 heterocycles. The summed E-state index contributed by atoms with van der Waals surface area (Å²) in [6.45, 7) is 0.493. The highest BCUT2D eigenvalue weighted by atomic mass is 19.1. The normalized spacial score (nSPS) is 10.3. The zero-order chi connectivity index (χ0) is 14.5. The van der Waals surface area contributed by atoms with Crippen molar-refractivity contribution in [3.8, 4) is 11.3 Å². The smallest absolute Gasteiger partial charge is 0.141 e. The van der Waals surface area contributed by atoms with E-state index in [0.29, 0.717) is 6.54 Å². The molecule has 0 radical (unpaired) electrons. The van der Waals surface area contributed by atoms with Crippen molar-refractivity contribution in [2.75, 3.05) is 5.32 Å². The van der Waals surface area contributed by atoms with E-state index < -0.39 is 0 Å². The molecule has 5 heteroatoms. The molecule has 0 aliphatic rings. The number of nitrogens with one attached hydrogen (secondary N) is 1. The molecule has 0 fully saturated rings. The lowest BCUT2D eigenvalue weighted by Gasteiger charge is -2.07. The van der Waals surface area contributed by atoms with Gasteiger partial charge in [0.1, 0.15) is 11.6 Å². The van der Waals surface area contributed by atoms with Crippen molar-refractivity contribution in [1.29, 1.82) is 0 Å². The van der Waals surface area contributed by atoms with Gasteiger partial charge in [-0.3, -0.25) is 9.97 Å². The number of hydrogen-bond acceptors (Lipinski definition) is 4. The molecule has 0 aliphatic heterocycles. The molecule has 3 rings (SSSR count). The molecule has 0 amide bonds. The quantitative estimate of drug-likeness (QED) is 0.796. The summed E-state index contributed by atoms with van der Waals surface area (Å²) in [5, 5.41) is 3.18. The minimum Gasteiger partial charge on any atom is -0.364 e. The second kappa shape index (κ2) is 6.09. The van der Waals surface area contributed by atoms with E-state index in [9.17, 15) is 4.39 Å². The molecule has 1 N–H and O–H groups in total. The van der Waals surface area contributed by atoms with Gasteiger partial charge in [-0.25, -0.2) is 9.37 Å². The molecule has 0 atom stereocenters. The van der Waals surface area contributed by atoms with Crippen LogP contribution in [0.3, 0.4) is 0 Å². The van der Waals surface area contributed by atoms with Crippen molar-refractivity contribution in [3.05, 3.63) is 72.6 Å². The molecule has 4 nitrogen and oxygen atoms in total. The van der Waals surface area contributed by atoms with Crippen molar-refractivity contribution in [3.63, 3.8) is 0 Å². The van der Waals surface area contributed by atoms with Crippen LogP contribution in [0.25, 0.3) is 11.3 Å². The number of aromatic nitrogens is 3. The molecule has 0 saturated heterocycles. The summed E-state index contributed by atoms with van der Waals surface area (Å²) in [4.78, 5) is 12.5. The Bertz CT molecular complexity index is 714. The van der Waals surface area contributed by atoms with Crippen molar-refractivity contribution >= 4 is 5.82 Å². The van der Waals surface area contributed by atoms with Crippen molar-refractivity contribution < 1.29 is 4.39 Å². The lowest BCUT2D eigenvalue weighted by Crippen LogP contribution is -2.03. The maximum atomic E-state index is 12.8. The van der Waals surface area contributed by atoms with Crippen LogP contribution in [0.5, 0.6) is 0 Å². The first-order valence-corrected chi connectivity index (χ1v) is 6.53. The fourth-order valence-electron chi connectivity index (χ4n) is 1.91. The molecular formula is C16H13FN4. The third kappa shape index (κ3) is 3.39. The van der Waals surface area contributed by atoms with Crippen molar-refractivity contribution in [2.45, 2.75) is 6.54 Å². The SMILES string of the molecule is Fc1ccc(CNc2cccc(-c3ccncc3)n2)nc1. The van der Waals surface area contributed by atoms with E-state index in [2.05, 4.69) is 20.3 Å². The predicted octanol–water partition coefficient (Wildman–Crippen LogP) is 3.29.